The molecule has 0 aliphatic carbocycles. The number of carbonyl (C=O) groups excluding carboxylic acids is 1. The molecule has 1 aliphatic rings. The number of hydrogen-bond acceptors (Lipinski definition) is 5. The van der Waals surface area contributed by atoms with Crippen molar-refractivity contribution in [2.24, 2.45) is 0 Å². The van der Waals surface area contributed by atoms with Gasteiger partial charge in [0.2, 0.25) is 5.91 Å². The Hall–Kier alpha value is -2.32. The van der Waals surface area contributed by atoms with Crippen LogP contribution in [-0.4, -0.2) is 52.5 Å². The van der Waals surface area contributed by atoms with E-state index in [1.807, 2.05) is 54.6 Å². The van der Waals surface area contributed by atoms with Crippen molar-refractivity contribution < 1.29 is 13.2 Å². The van der Waals surface area contributed by atoms with Gasteiger partial charge in [0.15, 0.2) is 15.0 Å². The molecule has 1 N–H and O–H groups in total. The van der Waals surface area contributed by atoms with Crippen LogP contribution in [-0.2, 0) is 21.2 Å². The normalized spacial score (nSPS) is 18.4. The molecule has 1 saturated heterocycles. The predicted octanol–water partition coefficient (Wildman–Crippen LogP) is 2.87. The van der Waals surface area contributed by atoms with Crippen molar-refractivity contribution in [1.29, 1.82) is 0 Å². The Bertz CT molecular complexity index is 1050. The van der Waals surface area contributed by atoms with E-state index in [-0.39, 0.29) is 29.2 Å². The van der Waals surface area contributed by atoms with Crippen LogP contribution in [0.4, 0.5) is 0 Å². The number of imidazole rings is 1. The standard InChI is InChI=1S/C20H21N3O3S2/c24-19(13-27-20-21-17-8-4-5-9-18(17)22-20)23(12-15-6-2-1-3-7-15)16-10-11-28(25,26)14-16/h1-9,16H,10-14H2,(H,21,22). The second-order valence-corrected chi connectivity index (χ2v) is 10.1. The van der Waals surface area contributed by atoms with Gasteiger partial charge in [0.1, 0.15) is 0 Å². The molecule has 1 atom stereocenters. The maximum absolute atomic E-state index is 13.0. The topological polar surface area (TPSA) is 83.1 Å². The van der Waals surface area contributed by atoms with Crippen molar-refractivity contribution in [3.05, 3.63) is 60.2 Å². The molecular weight excluding hydrogens is 394 g/mol. The van der Waals surface area contributed by atoms with Crippen LogP contribution < -0.4 is 0 Å². The Morgan fingerprint density at radius 1 is 1.14 bits per heavy atom. The van der Waals surface area contributed by atoms with Crippen LogP contribution in [0.2, 0.25) is 0 Å². The van der Waals surface area contributed by atoms with Crippen LogP contribution in [0.1, 0.15) is 12.0 Å². The Labute approximate surface area is 168 Å². The van der Waals surface area contributed by atoms with Crippen molar-refractivity contribution in [3.63, 3.8) is 0 Å². The predicted molar refractivity (Wildman–Crippen MR) is 111 cm³/mol. The molecule has 3 aromatic rings. The molecule has 1 unspecified atom stereocenters. The largest absolute Gasteiger partial charge is 0.334 e. The first kappa shape index (κ1) is 19.0. The number of para-hydroxylation sites is 2. The van der Waals surface area contributed by atoms with Crippen molar-refractivity contribution >= 4 is 38.5 Å². The highest BCUT2D eigenvalue weighted by Gasteiger charge is 2.34. The summed E-state index contributed by atoms with van der Waals surface area (Å²) >= 11 is 1.34. The molecule has 146 valence electrons. The minimum atomic E-state index is -3.07. The van der Waals surface area contributed by atoms with E-state index in [1.165, 1.54) is 11.8 Å². The van der Waals surface area contributed by atoms with Gasteiger partial charge >= 0.3 is 0 Å². The van der Waals surface area contributed by atoms with Crippen LogP contribution in [0.5, 0.6) is 0 Å². The summed E-state index contributed by atoms with van der Waals surface area (Å²) in [5.74, 6) is 0.327. The van der Waals surface area contributed by atoms with Gasteiger partial charge in [-0.15, -0.1) is 0 Å². The van der Waals surface area contributed by atoms with E-state index in [1.54, 1.807) is 4.90 Å². The van der Waals surface area contributed by atoms with Crippen LogP contribution >= 0.6 is 11.8 Å². The van der Waals surface area contributed by atoms with E-state index in [9.17, 15) is 13.2 Å². The van der Waals surface area contributed by atoms with Gasteiger partial charge in [-0.05, 0) is 24.1 Å². The number of rotatable bonds is 6. The van der Waals surface area contributed by atoms with E-state index in [0.717, 1.165) is 16.6 Å². The lowest BCUT2D eigenvalue weighted by atomic mass is 10.1. The molecule has 0 saturated carbocycles. The zero-order chi connectivity index (χ0) is 19.6. The Morgan fingerprint density at radius 2 is 1.89 bits per heavy atom. The highest BCUT2D eigenvalue weighted by atomic mass is 32.2. The maximum atomic E-state index is 13.0. The number of carbonyl (C=O) groups is 1. The summed E-state index contributed by atoms with van der Waals surface area (Å²) < 4.78 is 23.9. The lowest BCUT2D eigenvalue weighted by Crippen LogP contribution is -2.41. The van der Waals surface area contributed by atoms with Crippen LogP contribution in [0.3, 0.4) is 0 Å². The summed E-state index contributed by atoms with van der Waals surface area (Å²) in [7, 11) is -3.07. The van der Waals surface area contributed by atoms with Gasteiger partial charge in [0.25, 0.3) is 0 Å². The molecule has 0 bridgehead atoms. The minimum absolute atomic E-state index is 0.0425. The van der Waals surface area contributed by atoms with E-state index >= 15 is 0 Å². The number of H-pyrrole nitrogens is 1. The van der Waals surface area contributed by atoms with Gasteiger partial charge in [0, 0.05) is 12.6 Å². The van der Waals surface area contributed by atoms with Gasteiger partial charge < -0.3 is 9.88 Å². The number of nitrogens with one attached hydrogen (secondary N) is 1. The van der Waals surface area contributed by atoms with Crippen molar-refractivity contribution in [3.8, 4) is 0 Å². The van der Waals surface area contributed by atoms with E-state index in [2.05, 4.69) is 9.97 Å². The summed E-state index contributed by atoms with van der Waals surface area (Å²) in [4.78, 5) is 22.4. The third-order valence-electron chi connectivity index (χ3n) is 4.87. The number of aromatic amines is 1. The summed E-state index contributed by atoms with van der Waals surface area (Å²) in [6, 6.07) is 17.1. The zero-order valence-electron chi connectivity index (χ0n) is 15.2. The molecule has 1 amide bonds. The lowest BCUT2D eigenvalue weighted by Gasteiger charge is -2.28. The molecule has 1 aromatic heterocycles. The van der Waals surface area contributed by atoms with Gasteiger partial charge in [-0.25, -0.2) is 13.4 Å². The lowest BCUT2D eigenvalue weighted by molar-refractivity contribution is -0.130. The molecule has 2 aromatic carbocycles. The average molecular weight is 416 g/mol. The number of benzene rings is 2. The number of nitrogens with zero attached hydrogens (tertiary/aromatic N) is 2. The molecule has 0 radical (unpaired) electrons. The number of thioether (sulfide) groups is 1. The zero-order valence-corrected chi connectivity index (χ0v) is 16.9. The SMILES string of the molecule is O=C(CSc1nc2ccccc2[nH]1)N(Cc1ccccc1)C1CCS(=O)(=O)C1. The van der Waals surface area contributed by atoms with Crippen molar-refractivity contribution in [2.75, 3.05) is 17.3 Å². The smallest absolute Gasteiger partial charge is 0.233 e. The summed E-state index contributed by atoms with van der Waals surface area (Å²) in [5.41, 5.74) is 2.79. The van der Waals surface area contributed by atoms with Crippen molar-refractivity contribution in [2.45, 2.75) is 24.2 Å². The molecule has 4 rings (SSSR count). The highest BCUT2D eigenvalue weighted by molar-refractivity contribution is 7.99. The minimum Gasteiger partial charge on any atom is -0.334 e. The average Bonchev–Trinajstić information content (AvgIpc) is 3.27. The summed E-state index contributed by atoms with van der Waals surface area (Å²) in [6.07, 6.45) is 0.496. The first-order valence-corrected chi connectivity index (χ1v) is 11.9. The number of amides is 1. The van der Waals surface area contributed by atoms with E-state index in [4.69, 9.17) is 0 Å². The van der Waals surface area contributed by atoms with Gasteiger partial charge in [-0.1, -0.05) is 54.2 Å². The number of sulfone groups is 1. The first-order chi connectivity index (χ1) is 13.5. The monoisotopic (exact) mass is 415 g/mol. The fourth-order valence-corrected chi connectivity index (χ4v) is 5.93. The van der Waals surface area contributed by atoms with Crippen LogP contribution in [0.25, 0.3) is 11.0 Å². The Morgan fingerprint density at radius 3 is 2.61 bits per heavy atom. The van der Waals surface area contributed by atoms with Crippen LogP contribution in [0, 0.1) is 0 Å². The fraction of sp³-hybridized carbons (Fsp3) is 0.300. The molecule has 1 fully saturated rings. The Kier molecular flexibility index (Phi) is 5.41. The van der Waals surface area contributed by atoms with E-state index in [0.29, 0.717) is 18.1 Å². The fourth-order valence-electron chi connectivity index (χ4n) is 3.43. The Balaban J connectivity index is 1.49. The van der Waals surface area contributed by atoms with Gasteiger partial charge in [-0.3, -0.25) is 4.79 Å². The van der Waals surface area contributed by atoms with E-state index < -0.39 is 9.84 Å². The number of hydrogen-bond donors (Lipinski definition) is 1. The second-order valence-electron chi connectivity index (χ2n) is 6.91. The number of aromatic nitrogens is 2. The molecule has 1 aliphatic heterocycles. The van der Waals surface area contributed by atoms with Gasteiger partial charge in [-0.2, -0.15) is 0 Å². The third kappa shape index (κ3) is 4.39. The molecule has 6 nitrogen and oxygen atoms in total. The van der Waals surface area contributed by atoms with Gasteiger partial charge in [0.05, 0.1) is 28.3 Å². The molecule has 0 spiro atoms. The molecule has 2 heterocycles. The highest BCUT2D eigenvalue weighted by Crippen LogP contribution is 2.24. The molecule has 8 heteroatoms. The maximum Gasteiger partial charge on any atom is 0.233 e. The van der Waals surface area contributed by atoms with Crippen molar-refractivity contribution in [1.82, 2.24) is 14.9 Å². The van der Waals surface area contributed by atoms with Crippen LogP contribution in [0.15, 0.2) is 59.8 Å². The quantitative estimate of drug-likeness (QED) is 0.626. The molecule has 28 heavy (non-hydrogen) atoms. The summed E-state index contributed by atoms with van der Waals surface area (Å²) in [6.45, 7) is 0.417. The summed E-state index contributed by atoms with van der Waals surface area (Å²) in [5, 5.41) is 0.688. The number of fused-ring (bicyclic) bond motifs is 1. The molecular formula is C20H21N3O3S2. The second kappa shape index (κ2) is 7.97. The first-order valence-electron chi connectivity index (χ1n) is 9.11. The third-order valence-corrected chi connectivity index (χ3v) is 7.47.